The Bertz CT molecular complexity index is 982. The molecule has 1 aromatic carbocycles. The molecule has 0 bridgehead atoms. The van der Waals surface area contributed by atoms with Gasteiger partial charge in [0.05, 0.1) is 13.2 Å². The Balaban J connectivity index is 1.72. The number of benzene rings is 1. The normalized spacial score (nSPS) is 25.8. The van der Waals surface area contributed by atoms with Gasteiger partial charge in [-0.05, 0) is 50.8 Å². The van der Waals surface area contributed by atoms with Crippen molar-refractivity contribution in [1.29, 1.82) is 0 Å². The van der Waals surface area contributed by atoms with Crippen molar-refractivity contribution < 1.29 is 22.7 Å². The van der Waals surface area contributed by atoms with E-state index in [1.165, 1.54) is 7.11 Å². The van der Waals surface area contributed by atoms with Crippen LogP contribution < -0.4 is 10.1 Å². The molecule has 3 heterocycles. The summed E-state index contributed by atoms with van der Waals surface area (Å²) < 4.78 is 48.0. The number of hydrogen-bond acceptors (Lipinski definition) is 4. The van der Waals surface area contributed by atoms with E-state index in [-0.39, 0.29) is 35.0 Å². The third kappa shape index (κ3) is 4.02. The molecular weight excluding hydrogens is 445 g/mol. The van der Waals surface area contributed by atoms with Crippen molar-refractivity contribution in [3.05, 3.63) is 40.5 Å². The molecule has 4 atom stereocenters. The number of alkyl halides is 3. The van der Waals surface area contributed by atoms with Gasteiger partial charge in [0, 0.05) is 18.5 Å². The molecule has 1 amide bonds. The zero-order chi connectivity index (χ0) is 23.2. The first-order valence-electron chi connectivity index (χ1n) is 10.7. The molecule has 0 radical (unpaired) electrons. The third-order valence-corrected chi connectivity index (χ3v) is 6.80. The zero-order valence-electron chi connectivity index (χ0n) is 18.1. The van der Waals surface area contributed by atoms with Gasteiger partial charge in [0.15, 0.2) is 11.7 Å². The van der Waals surface area contributed by atoms with E-state index >= 15 is 0 Å². The van der Waals surface area contributed by atoms with Crippen molar-refractivity contribution in [3.8, 4) is 5.75 Å². The minimum Gasteiger partial charge on any atom is -0.497 e. The van der Waals surface area contributed by atoms with Crippen molar-refractivity contribution in [2.24, 2.45) is 0 Å². The van der Waals surface area contributed by atoms with Crippen molar-refractivity contribution in [3.63, 3.8) is 0 Å². The van der Waals surface area contributed by atoms with Gasteiger partial charge in [-0.1, -0.05) is 23.7 Å². The number of carbonyl (C=O) groups excluding carboxylic acids is 1. The van der Waals surface area contributed by atoms with E-state index in [0.717, 1.165) is 23.9 Å². The summed E-state index contributed by atoms with van der Waals surface area (Å²) in [6.45, 7) is 3.88. The number of amides is 1. The first-order chi connectivity index (χ1) is 15.1. The van der Waals surface area contributed by atoms with Crippen LogP contribution in [0.5, 0.6) is 5.75 Å². The largest absolute Gasteiger partial charge is 0.497 e. The topological polar surface area (TPSA) is 59.4 Å². The van der Waals surface area contributed by atoms with Gasteiger partial charge in [-0.25, -0.2) is 4.68 Å². The molecule has 0 saturated carbocycles. The summed E-state index contributed by atoms with van der Waals surface area (Å²) in [5, 5.41) is 7.09. The number of ether oxygens (including phenoxy) is 1. The van der Waals surface area contributed by atoms with E-state index in [9.17, 15) is 18.0 Å². The number of halogens is 4. The van der Waals surface area contributed by atoms with Gasteiger partial charge >= 0.3 is 6.18 Å². The van der Waals surface area contributed by atoms with E-state index in [0.29, 0.717) is 11.3 Å². The molecule has 32 heavy (non-hydrogen) atoms. The van der Waals surface area contributed by atoms with Gasteiger partial charge in [-0.3, -0.25) is 4.79 Å². The monoisotopic (exact) mass is 470 g/mol. The average Bonchev–Trinajstić information content (AvgIpc) is 3.08. The van der Waals surface area contributed by atoms with Crippen LogP contribution in [0.4, 0.5) is 19.0 Å². The van der Waals surface area contributed by atoms with Crippen LogP contribution in [0, 0.1) is 0 Å². The second-order valence-electron chi connectivity index (χ2n) is 8.56. The average molecular weight is 471 g/mol. The number of hydrogen-bond donors (Lipinski definition) is 1. The number of piperidine rings is 1. The molecule has 2 aliphatic heterocycles. The lowest BCUT2D eigenvalue weighted by Gasteiger charge is -2.38. The summed E-state index contributed by atoms with van der Waals surface area (Å²) in [6.07, 6.45) is -2.15. The molecule has 1 aromatic heterocycles. The predicted molar refractivity (Wildman–Crippen MR) is 115 cm³/mol. The third-order valence-electron chi connectivity index (χ3n) is 6.44. The highest BCUT2D eigenvalue weighted by Gasteiger charge is 2.48. The van der Waals surface area contributed by atoms with Crippen molar-refractivity contribution >= 4 is 23.3 Å². The van der Waals surface area contributed by atoms with E-state index in [1.54, 1.807) is 29.2 Å². The van der Waals surface area contributed by atoms with Gasteiger partial charge in [-0.2, -0.15) is 18.3 Å². The van der Waals surface area contributed by atoms with Gasteiger partial charge in [0.1, 0.15) is 16.6 Å². The van der Waals surface area contributed by atoms with E-state index in [4.69, 9.17) is 16.3 Å². The standard InChI is InChI=1S/C22H26ClF3N4O2/c1-12-5-4-6-13(2)29(12)21(31)19-18(23)20-27-16(14-7-9-15(32-3)10-8-14)11-17(22(24,25)26)30(20)28-19/h7-10,12-13,16-17,27H,4-6,11H2,1-3H3/t12-,13-,16+,17-/m1/s1. The lowest BCUT2D eigenvalue weighted by atomic mass is 9.96. The maximum absolute atomic E-state index is 14.0. The summed E-state index contributed by atoms with van der Waals surface area (Å²) >= 11 is 6.49. The lowest BCUT2D eigenvalue weighted by molar-refractivity contribution is -0.173. The van der Waals surface area contributed by atoms with Gasteiger partial charge in [-0.15, -0.1) is 0 Å². The number of likely N-dealkylation sites (tertiary alicyclic amines) is 1. The number of rotatable bonds is 3. The van der Waals surface area contributed by atoms with Crippen LogP contribution in [0.3, 0.4) is 0 Å². The highest BCUT2D eigenvalue weighted by atomic mass is 35.5. The quantitative estimate of drug-likeness (QED) is 0.633. The van der Waals surface area contributed by atoms with Crippen LogP contribution in [0.25, 0.3) is 0 Å². The number of fused-ring (bicyclic) bond motifs is 1. The zero-order valence-corrected chi connectivity index (χ0v) is 18.9. The first kappa shape index (κ1) is 22.8. The number of aromatic nitrogens is 2. The van der Waals surface area contributed by atoms with Crippen LogP contribution in [-0.2, 0) is 0 Å². The van der Waals surface area contributed by atoms with Crippen molar-refractivity contribution in [2.45, 2.75) is 69.9 Å². The van der Waals surface area contributed by atoms with Crippen LogP contribution in [-0.4, -0.2) is 46.0 Å². The van der Waals surface area contributed by atoms with Crippen LogP contribution >= 0.6 is 11.6 Å². The minimum absolute atomic E-state index is 0.0155. The molecule has 0 unspecified atom stereocenters. The number of methoxy groups -OCH3 is 1. The van der Waals surface area contributed by atoms with Gasteiger partial charge in [0.2, 0.25) is 0 Å². The van der Waals surface area contributed by atoms with Crippen molar-refractivity contribution in [1.82, 2.24) is 14.7 Å². The highest BCUT2D eigenvalue weighted by Crippen LogP contribution is 2.46. The molecule has 0 aliphatic carbocycles. The molecule has 0 spiro atoms. The second kappa shape index (κ2) is 8.50. The predicted octanol–water partition coefficient (Wildman–Crippen LogP) is 5.61. The number of nitrogens with zero attached hydrogens (tertiary/aromatic N) is 3. The minimum atomic E-state index is -4.55. The Labute approximate surface area is 189 Å². The van der Waals surface area contributed by atoms with E-state index < -0.39 is 24.2 Å². The second-order valence-corrected chi connectivity index (χ2v) is 8.94. The number of anilines is 1. The molecule has 1 fully saturated rings. The van der Waals surface area contributed by atoms with E-state index in [2.05, 4.69) is 10.4 Å². The van der Waals surface area contributed by atoms with Crippen LogP contribution in [0.2, 0.25) is 5.02 Å². The summed E-state index contributed by atoms with van der Waals surface area (Å²) in [5.74, 6) is 0.194. The molecule has 2 aliphatic rings. The first-order valence-corrected chi connectivity index (χ1v) is 11.1. The van der Waals surface area contributed by atoms with Crippen LogP contribution in [0.15, 0.2) is 24.3 Å². The Hall–Kier alpha value is -2.42. The Morgan fingerprint density at radius 2 is 1.81 bits per heavy atom. The fourth-order valence-corrected chi connectivity index (χ4v) is 4.98. The smallest absolute Gasteiger partial charge is 0.410 e. The molecular formula is C22H26ClF3N4O2. The molecule has 1 N–H and O–H groups in total. The molecule has 4 rings (SSSR count). The Morgan fingerprint density at radius 3 is 2.38 bits per heavy atom. The van der Waals surface area contributed by atoms with E-state index in [1.807, 2.05) is 13.8 Å². The molecule has 10 heteroatoms. The summed E-state index contributed by atoms with van der Waals surface area (Å²) in [4.78, 5) is 15.0. The molecule has 174 valence electrons. The molecule has 1 saturated heterocycles. The van der Waals surface area contributed by atoms with Gasteiger partial charge in [0.25, 0.3) is 5.91 Å². The van der Waals surface area contributed by atoms with Gasteiger partial charge < -0.3 is 15.0 Å². The highest BCUT2D eigenvalue weighted by molar-refractivity contribution is 6.36. The molecule has 2 aromatic rings. The van der Waals surface area contributed by atoms with Crippen molar-refractivity contribution in [2.75, 3.05) is 12.4 Å². The maximum Gasteiger partial charge on any atom is 0.410 e. The fraction of sp³-hybridized carbons (Fsp3) is 0.545. The number of carbonyl (C=O) groups is 1. The summed E-state index contributed by atoms with van der Waals surface area (Å²) in [5.41, 5.74) is 0.522. The Kier molecular flexibility index (Phi) is 6.04. The molecule has 6 nitrogen and oxygen atoms in total. The SMILES string of the molecule is COc1ccc([C@@H]2C[C@H](C(F)(F)F)n3nc(C(=O)N4[C@H](C)CCC[C@H]4C)c(Cl)c3N2)cc1. The fourth-order valence-electron chi connectivity index (χ4n) is 4.72. The summed E-state index contributed by atoms with van der Waals surface area (Å²) in [7, 11) is 1.52. The maximum atomic E-state index is 14.0. The summed E-state index contributed by atoms with van der Waals surface area (Å²) in [6, 6.07) is 4.22. The number of nitrogens with one attached hydrogen (secondary N) is 1. The lowest BCUT2D eigenvalue weighted by Crippen LogP contribution is -2.47. The van der Waals surface area contributed by atoms with Crippen LogP contribution in [0.1, 0.15) is 67.7 Å². The Morgan fingerprint density at radius 1 is 1.19 bits per heavy atom.